The molecule has 0 spiro atoms. The highest BCUT2D eigenvalue weighted by atomic mass is 16.5. The zero-order valence-electron chi connectivity index (χ0n) is 15.9. The number of hydrogen-bond acceptors (Lipinski definition) is 4. The average molecular weight is 380 g/mol. The van der Waals surface area contributed by atoms with Gasteiger partial charge >= 0.3 is 5.97 Å². The molecule has 1 aliphatic rings. The minimum absolute atomic E-state index is 0.218. The molecular formula is C22H24N2O4. The summed E-state index contributed by atoms with van der Waals surface area (Å²) in [5.74, 6) is -0.963. The molecule has 146 valence electrons. The van der Waals surface area contributed by atoms with E-state index in [0.29, 0.717) is 30.6 Å². The fourth-order valence-corrected chi connectivity index (χ4v) is 3.05. The number of rotatable bonds is 8. The Kier molecular flexibility index (Phi) is 6.09. The van der Waals surface area contributed by atoms with Crippen molar-refractivity contribution >= 4 is 23.5 Å². The molecule has 2 amide bonds. The Bertz CT molecular complexity index is 843. The molecule has 1 aliphatic carbocycles. The Morgan fingerprint density at radius 2 is 1.64 bits per heavy atom. The van der Waals surface area contributed by atoms with E-state index in [-0.39, 0.29) is 11.8 Å². The zero-order chi connectivity index (χ0) is 20.0. The number of methoxy groups -OCH3 is 1. The van der Waals surface area contributed by atoms with Crippen molar-refractivity contribution in [2.45, 2.75) is 25.7 Å². The van der Waals surface area contributed by atoms with Crippen LogP contribution in [0.5, 0.6) is 0 Å². The summed E-state index contributed by atoms with van der Waals surface area (Å²) in [4.78, 5) is 36.6. The van der Waals surface area contributed by atoms with E-state index in [4.69, 9.17) is 0 Å². The van der Waals surface area contributed by atoms with Gasteiger partial charge in [0, 0.05) is 12.2 Å². The Balaban J connectivity index is 1.49. The van der Waals surface area contributed by atoms with Gasteiger partial charge < -0.3 is 15.4 Å². The summed E-state index contributed by atoms with van der Waals surface area (Å²) in [5.41, 5.74) is 1.19. The van der Waals surface area contributed by atoms with Crippen molar-refractivity contribution < 1.29 is 19.1 Å². The highest BCUT2D eigenvalue weighted by Crippen LogP contribution is 2.46. The molecule has 28 heavy (non-hydrogen) atoms. The van der Waals surface area contributed by atoms with Gasteiger partial charge in [0.1, 0.15) is 5.41 Å². The predicted molar refractivity (Wildman–Crippen MR) is 106 cm³/mol. The predicted octanol–water partition coefficient (Wildman–Crippen LogP) is 2.94. The van der Waals surface area contributed by atoms with E-state index in [1.165, 1.54) is 12.7 Å². The summed E-state index contributed by atoms with van der Waals surface area (Å²) >= 11 is 0. The first-order valence-electron chi connectivity index (χ1n) is 9.37. The summed E-state index contributed by atoms with van der Waals surface area (Å²) in [7, 11) is 1.31. The van der Waals surface area contributed by atoms with Gasteiger partial charge in [0.2, 0.25) is 11.8 Å². The first-order valence-corrected chi connectivity index (χ1v) is 9.37. The van der Waals surface area contributed by atoms with Crippen molar-refractivity contribution in [3.05, 3.63) is 65.7 Å². The van der Waals surface area contributed by atoms with E-state index in [2.05, 4.69) is 27.5 Å². The number of nitrogens with one attached hydrogen (secondary N) is 2. The lowest BCUT2D eigenvalue weighted by atomic mass is 10.0. The maximum atomic E-state index is 12.6. The van der Waals surface area contributed by atoms with E-state index in [1.54, 1.807) is 24.3 Å². The third kappa shape index (κ3) is 4.57. The number of amides is 2. The molecule has 0 atom stereocenters. The van der Waals surface area contributed by atoms with Crippen molar-refractivity contribution in [3.8, 4) is 0 Å². The number of carbonyl (C=O) groups is 3. The van der Waals surface area contributed by atoms with Crippen molar-refractivity contribution in [3.63, 3.8) is 0 Å². The second-order valence-electron chi connectivity index (χ2n) is 6.95. The number of hydrogen-bond donors (Lipinski definition) is 2. The number of benzene rings is 2. The maximum Gasteiger partial charge on any atom is 0.337 e. The fourth-order valence-electron chi connectivity index (χ4n) is 3.05. The molecule has 3 rings (SSSR count). The van der Waals surface area contributed by atoms with Gasteiger partial charge in [-0.2, -0.15) is 0 Å². The lowest BCUT2D eigenvalue weighted by molar-refractivity contribution is -0.134. The minimum Gasteiger partial charge on any atom is -0.465 e. The Morgan fingerprint density at radius 3 is 2.25 bits per heavy atom. The number of anilines is 1. The van der Waals surface area contributed by atoms with Crippen LogP contribution in [0.15, 0.2) is 54.6 Å². The molecule has 6 heteroatoms. The molecule has 2 aromatic rings. The normalized spacial score (nSPS) is 14.0. The smallest absolute Gasteiger partial charge is 0.337 e. The Hall–Kier alpha value is -3.15. The maximum absolute atomic E-state index is 12.6. The van der Waals surface area contributed by atoms with Gasteiger partial charge in [-0.1, -0.05) is 30.3 Å². The first-order chi connectivity index (χ1) is 13.5. The summed E-state index contributed by atoms with van der Waals surface area (Å²) in [5, 5.41) is 5.67. The van der Waals surface area contributed by atoms with Gasteiger partial charge in [-0.15, -0.1) is 0 Å². The third-order valence-electron chi connectivity index (χ3n) is 4.95. The molecule has 1 fully saturated rings. The van der Waals surface area contributed by atoms with Crippen molar-refractivity contribution in [2.75, 3.05) is 19.0 Å². The number of carbonyl (C=O) groups excluding carboxylic acids is 3. The zero-order valence-corrected chi connectivity index (χ0v) is 15.9. The van der Waals surface area contributed by atoms with Gasteiger partial charge in [-0.3, -0.25) is 9.59 Å². The number of esters is 1. The minimum atomic E-state index is -0.978. The molecule has 0 heterocycles. The number of ether oxygens (including phenoxy) is 1. The topological polar surface area (TPSA) is 84.5 Å². The lowest BCUT2D eigenvalue weighted by Crippen LogP contribution is -2.40. The largest absolute Gasteiger partial charge is 0.465 e. The van der Waals surface area contributed by atoms with Crippen LogP contribution < -0.4 is 10.6 Å². The monoisotopic (exact) mass is 380 g/mol. The van der Waals surface area contributed by atoms with Crippen molar-refractivity contribution in [1.82, 2.24) is 5.32 Å². The molecule has 0 aromatic heterocycles. The van der Waals surface area contributed by atoms with Crippen LogP contribution in [0.3, 0.4) is 0 Å². The molecule has 0 radical (unpaired) electrons. The van der Waals surface area contributed by atoms with Crippen molar-refractivity contribution in [2.24, 2.45) is 5.41 Å². The van der Waals surface area contributed by atoms with Gasteiger partial charge in [0.25, 0.3) is 0 Å². The second-order valence-corrected chi connectivity index (χ2v) is 6.95. The van der Waals surface area contributed by atoms with Crippen LogP contribution in [0.25, 0.3) is 0 Å². The lowest BCUT2D eigenvalue weighted by Gasteiger charge is -2.15. The third-order valence-corrected chi connectivity index (χ3v) is 4.95. The molecule has 0 aliphatic heterocycles. The summed E-state index contributed by atoms with van der Waals surface area (Å²) in [6.45, 7) is 0.538. The van der Waals surface area contributed by atoms with Gasteiger partial charge in [0.15, 0.2) is 0 Å². The molecule has 6 nitrogen and oxygen atoms in total. The molecule has 0 saturated heterocycles. The number of aryl methyl sites for hydroxylation is 1. The van der Waals surface area contributed by atoms with E-state index < -0.39 is 11.4 Å². The van der Waals surface area contributed by atoms with E-state index in [9.17, 15) is 14.4 Å². The van der Waals surface area contributed by atoms with Crippen LogP contribution in [-0.2, 0) is 20.7 Å². The van der Waals surface area contributed by atoms with Crippen LogP contribution in [-0.4, -0.2) is 31.4 Å². The van der Waals surface area contributed by atoms with Crippen LogP contribution in [0, 0.1) is 5.41 Å². The van der Waals surface area contributed by atoms with Gasteiger partial charge in [-0.25, -0.2) is 4.79 Å². The second kappa shape index (κ2) is 8.69. The van der Waals surface area contributed by atoms with Gasteiger partial charge in [0.05, 0.1) is 12.7 Å². The fraction of sp³-hybridized carbons (Fsp3) is 0.318. The SMILES string of the molecule is COC(=O)c1ccc(NC(=O)C2(C(=O)NCCCc3ccccc3)CC2)cc1. The molecule has 0 unspecified atom stereocenters. The van der Waals surface area contributed by atoms with Crippen LogP contribution in [0.4, 0.5) is 5.69 Å². The summed E-state index contributed by atoms with van der Waals surface area (Å²) in [6, 6.07) is 16.5. The molecule has 2 aromatic carbocycles. The molecule has 2 N–H and O–H groups in total. The molecule has 1 saturated carbocycles. The summed E-state index contributed by atoms with van der Waals surface area (Å²) < 4.78 is 4.65. The molecular weight excluding hydrogens is 356 g/mol. The average Bonchev–Trinajstić information content (AvgIpc) is 3.54. The highest BCUT2D eigenvalue weighted by molar-refractivity contribution is 6.13. The van der Waals surface area contributed by atoms with Crippen LogP contribution >= 0.6 is 0 Å². The van der Waals surface area contributed by atoms with E-state index in [1.807, 2.05) is 18.2 Å². The standard InChI is InChI=1S/C22H24N2O4/c1-28-19(25)17-9-11-18(12-10-17)24-21(27)22(13-14-22)20(26)23-15-5-8-16-6-3-2-4-7-16/h2-4,6-7,9-12H,5,8,13-15H2,1H3,(H,23,26)(H,24,27). The van der Waals surface area contributed by atoms with Crippen molar-refractivity contribution in [1.29, 1.82) is 0 Å². The Labute approximate surface area is 164 Å². The van der Waals surface area contributed by atoms with E-state index >= 15 is 0 Å². The quantitative estimate of drug-likeness (QED) is 0.419. The van der Waals surface area contributed by atoms with Crippen LogP contribution in [0.1, 0.15) is 35.2 Å². The first kappa shape index (κ1) is 19.6. The Morgan fingerprint density at radius 1 is 0.964 bits per heavy atom. The summed E-state index contributed by atoms with van der Waals surface area (Å²) in [6.07, 6.45) is 2.79. The highest BCUT2D eigenvalue weighted by Gasteiger charge is 2.56. The van der Waals surface area contributed by atoms with Crippen LogP contribution in [0.2, 0.25) is 0 Å². The molecule has 0 bridgehead atoms. The van der Waals surface area contributed by atoms with Gasteiger partial charge in [-0.05, 0) is 55.5 Å². The van der Waals surface area contributed by atoms with E-state index in [0.717, 1.165) is 12.8 Å².